The maximum atomic E-state index is 5.75. The van der Waals surface area contributed by atoms with Crippen LogP contribution < -0.4 is 10.2 Å². The Bertz CT molecular complexity index is 606. The van der Waals surface area contributed by atoms with Crippen molar-refractivity contribution in [3.63, 3.8) is 0 Å². The first-order valence-corrected chi connectivity index (χ1v) is 8.91. The molecule has 3 rings (SSSR count). The second-order valence-corrected chi connectivity index (χ2v) is 6.53. The van der Waals surface area contributed by atoms with Gasteiger partial charge in [-0.1, -0.05) is 67.8 Å². The summed E-state index contributed by atoms with van der Waals surface area (Å²) in [5.41, 5.74) is 2.46. The molecule has 0 radical (unpaired) electrons. The standard InChI is InChI=1S/C20H24N2S/c23-20(21-16-17-10-4-1-5-11-17)22(18-12-6-2-7-13-18)19-14-8-3-9-15-19/h1-2,4-7,10-13,19H,3,8-9,14-16H2,(H,21,23). The zero-order valence-corrected chi connectivity index (χ0v) is 14.3. The molecule has 3 heteroatoms. The van der Waals surface area contributed by atoms with E-state index in [2.05, 4.69) is 64.8 Å². The number of nitrogens with one attached hydrogen (secondary N) is 1. The largest absolute Gasteiger partial charge is 0.358 e. The highest BCUT2D eigenvalue weighted by Crippen LogP contribution is 2.27. The number of nitrogens with zero attached hydrogens (tertiary/aromatic N) is 1. The highest BCUT2D eigenvalue weighted by molar-refractivity contribution is 7.80. The van der Waals surface area contributed by atoms with E-state index in [0.717, 1.165) is 11.7 Å². The van der Waals surface area contributed by atoms with Crippen LogP contribution in [0.1, 0.15) is 37.7 Å². The van der Waals surface area contributed by atoms with Crippen molar-refractivity contribution in [3.8, 4) is 0 Å². The van der Waals surface area contributed by atoms with Crippen molar-refractivity contribution in [3.05, 3.63) is 66.2 Å². The first-order valence-electron chi connectivity index (χ1n) is 8.50. The van der Waals surface area contributed by atoms with E-state index in [0.29, 0.717) is 6.04 Å². The fourth-order valence-electron chi connectivity index (χ4n) is 3.28. The minimum atomic E-state index is 0.516. The van der Waals surface area contributed by atoms with Crippen LogP contribution in [0.3, 0.4) is 0 Å². The summed E-state index contributed by atoms with van der Waals surface area (Å²) in [5.74, 6) is 0. The second kappa shape index (κ2) is 8.11. The molecule has 0 bridgehead atoms. The molecule has 0 amide bonds. The molecule has 1 aliphatic rings. The number of anilines is 1. The summed E-state index contributed by atoms with van der Waals surface area (Å²) in [4.78, 5) is 2.33. The van der Waals surface area contributed by atoms with Crippen molar-refractivity contribution in [2.24, 2.45) is 0 Å². The van der Waals surface area contributed by atoms with Crippen LogP contribution in [0.2, 0.25) is 0 Å². The Balaban J connectivity index is 1.73. The van der Waals surface area contributed by atoms with E-state index in [1.807, 2.05) is 6.07 Å². The fourth-order valence-corrected chi connectivity index (χ4v) is 3.61. The maximum Gasteiger partial charge on any atom is 0.173 e. The zero-order valence-electron chi connectivity index (χ0n) is 13.4. The summed E-state index contributed by atoms with van der Waals surface area (Å²) in [5, 5.41) is 4.29. The van der Waals surface area contributed by atoms with Crippen LogP contribution in [0, 0.1) is 0 Å². The number of hydrogen-bond donors (Lipinski definition) is 1. The van der Waals surface area contributed by atoms with Crippen molar-refractivity contribution < 1.29 is 0 Å². The Morgan fingerprint density at radius 2 is 1.52 bits per heavy atom. The third kappa shape index (κ3) is 4.32. The van der Waals surface area contributed by atoms with E-state index < -0.39 is 0 Å². The van der Waals surface area contributed by atoms with Gasteiger partial charge in [0, 0.05) is 18.3 Å². The zero-order chi connectivity index (χ0) is 15.9. The molecule has 0 heterocycles. The average Bonchev–Trinajstić information content (AvgIpc) is 2.63. The molecule has 2 nitrogen and oxygen atoms in total. The molecule has 1 saturated carbocycles. The Morgan fingerprint density at radius 3 is 2.17 bits per heavy atom. The molecule has 1 fully saturated rings. The normalized spacial score (nSPS) is 15.1. The third-order valence-corrected chi connectivity index (χ3v) is 4.82. The van der Waals surface area contributed by atoms with Crippen LogP contribution in [0.4, 0.5) is 5.69 Å². The van der Waals surface area contributed by atoms with Crippen LogP contribution >= 0.6 is 12.2 Å². The Kier molecular flexibility index (Phi) is 5.65. The fraction of sp³-hybridized carbons (Fsp3) is 0.350. The smallest absolute Gasteiger partial charge is 0.173 e. The van der Waals surface area contributed by atoms with E-state index >= 15 is 0 Å². The molecule has 0 unspecified atom stereocenters. The van der Waals surface area contributed by atoms with Gasteiger partial charge in [-0.05, 0) is 42.8 Å². The maximum absolute atomic E-state index is 5.75. The van der Waals surface area contributed by atoms with Gasteiger partial charge >= 0.3 is 0 Å². The topological polar surface area (TPSA) is 15.3 Å². The van der Waals surface area contributed by atoms with E-state index in [1.54, 1.807) is 0 Å². The van der Waals surface area contributed by atoms with Crippen LogP contribution in [0.15, 0.2) is 60.7 Å². The van der Waals surface area contributed by atoms with Gasteiger partial charge in [-0.3, -0.25) is 0 Å². The second-order valence-electron chi connectivity index (χ2n) is 6.14. The predicted molar refractivity (Wildman–Crippen MR) is 102 cm³/mol. The van der Waals surface area contributed by atoms with Crippen molar-refractivity contribution in [2.75, 3.05) is 4.90 Å². The van der Waals surface area contributed by atoms with Gasteiger partial charge in [0.2, 0.25) is 0 Å². The summed E-state index contributed by atoms with van der Waals surface area (Å²) in [6.07, 6.45) is 6.40. The van der Waals surface area contributed by atoms with Gasteiger partial charge in [0.25, 0.3) is 0 Å². The Labute approximate surface area is 144 Å². The molecule has 0 aliphatic heterocycles. The van der Waals surface area contributed by atoms with E-state index in [9.17, 15) is 0 Å². The molecule has 120 valence electrons. The molecule has 1 N–H and O–H groups in total. The Hall–Kier alpha value is -1.87. The highest BCUT2D eigenvalue weighted by atomic mass is 32.1. The summed E-state index contributed by atoms with van der Waals surface area (Å²) >= 11 is 5.75. The van der Waals surface area contributed by atoms with E-state index in [1.165, 1.54) is 43.4 Å². The lowest BCUT2D eigenvalue weighted by Crippen LogP contribution is -2.46. The van der Waals surface area contributed by atoms with Crippen molar-refractivity contribution in [1.82, 2.24) is 5.32 Å². The van der Waals surface area contributed by atoms with Crippen LogP contribution in [0.25, 0.3) is 0 Å². The summed E-state index contributed by atoms with van der Waals surface area (Å²) in [7, 11) is 0. The molecule has 0 saturated heterocycles. The number of rotatable bonds is 4. The molecular formula is C20H24N2S. The highest BCUT2D eigenvalue weighted by Gasteiger charge is 2.24. The molecule has 23 heavy (non-hydrogen) atoms. The van der Waals surface area contributed by atoms with Crippen LogP contribution in [-0.2, 0) is 6.54 Å². The lowest BCUT2D eigenvalue weighted by Gasteiger charge is -2.36. The van der Waals surface area contributed by atoms with Crippen LogP contribution in [-0.4, -0.2) is 11.2 Å². The number of para-hydroxylation sites is 1. The summed E-state index contributed by atoms with van der Waals surface area (Å²) in [6, 6.07) is 21.5. The molecule has 1 aliphatic carbocycles. The van der Waals surface area contributed by atoms with Crippen molar-refractivity contribution in [2.45, 2.75) is 44.7 Å². The molecule has 0 aromatic heterocycles. The van der Waals surface area contributed by atoms with Crippen LogP contribution in [0.5, 0.6) is 0 Å². The third-order valence-electron chi connectivity index (χ3n) is 4.48. The SMILES string of the molecule is S=C(NCc1ccccc1)N(c1ccccc1)C1CCCCC1. The first-order chi connectivity index (χ1) is 11.3. The molecule has 0 atom stereocenters. The van der Waals surface area contributed by atoms with Crippen molar-refractivity contribution in [1.29, 1.82) is 0 Å². The van der Waals surface area contributed by atoms with Gasteiger partial charge < -0.3 is 10.2 Å². The molecule has 0 spiro atoms. The van der Waals surface area contributed by atoms with Gasteiger partial charge in [0.1, 0.15) is 0 Å². The lowest BCUT2D eigenvalue weighted by molar-refractivity contribution is 0.439. The van der Waals surface area contributed by atoms with Gasteiger partial charge in [-0.25, -0.2) is 0 Å². The van der Waals surface area contributed by atoms with Gasteiger partial charge in [0.05, 0.1) is 0 Å². The molecule has 2 aromatic rings. The quantitative estimate of drug-likeness (QED) is 0.805. The number of thiocarbonyl (C=S) groups is 1. The number of benzene rings is 2. The molecular weight excluding hydrogens is 300 g/mol. The monoisotopic (exact) mass is 324 g/mol. The predicted octanol–water partition coefficient (Wildman–Crippen LogP) is 4.90. The summed E-state index contributed by atoms with van der Waals surface area (Å²) < 4.78 is 0. The van der Waals surface area contributed by atoms with E-state index in [-0.39, 0.29) is 0 Å². The Morgan fingerprint density at radius 1 is 0.913 bits per heavy atom. The minimum absolute atomic E-state index is 0.516. The summed E-state index contributed by atoms with van der Waals surface area (Å²) in [6.45, 7) is 0.774. The number of hydrogen-bond acceptors (Lipinski definition) is 1. The van der Waals surface area contributed by atoms with Gasteiger partial charge in [0.15, 0.2) is 5.11 Å². The van der Waals surface area contributed by atoms with Crippen molar-refractivity contribution >= 4 is 23.0 Å². The average molecular weight is 324 g/mol. The van der Waals surface area contributed by atoms with E-state index in [4.69, 9.17) is 12.2 Å². The minimum Gasteiger partial charge on any atom is -0.358 e. The van der Waals surface area contributed by atoms with Gasteiger partial charge in [-0.2, -0.15) is 0 Å². The molecule has 2 aromatic carbocycles. The first kappa shape index (κ1) is 16.0. The lowest BCUT2D eigenvalue weighted by atomic mass is 9.94. The van der Waals surface area contributed by atoms with Gasteiger partial charge in [-0.15, -0.1) is 0 Å².